The molecule has 0 heterocycles. The smallest absolute Gasteiger partial charge is 0.244 e. The van der Waals surface area contributed by atoms with Crippen LogP contribution >= 0.6 is 0 Å². The minimum absolute atomic E-state index is 0.0570. The van der Waals surface area contributed by atoms with Gasteiger partial charge in [0.1, 0.15) is 6.04 Å². The molecule has 2 N–H and O–H groups in total. The maximum atomic E-state index is 11.8. The largest absolute Gasteiger partial charge is 0.395 e. The molecule has 0 fully saturated rings. The summed E-state index contributed by atoms with van der Waals surface area (Å²) < 4.78 is 0. The molecular weight excluding hydrogens is 196 g/mol. The van der Waals surface area contributed by atoms with Gasteiger partial charge in [-0.15, -0.1) is 0 Å². The minimum Gasteiger partial charge on any atom is -0.395 e. The van der Waals surface area contributed by atoms with Crippen molar-refractivity contribution in [2.24, 2.45) is 0 Å². The van der Waals surface area contributed by atoms with E-state index in [1.54, 1.807) is 11.8 Å². The van der Waals surface area contributed by atoms with E-state index < -0.39 is 6.04 Å². The van der Waals surface area contributed by atoms with Gasteiger partial charge in [-0.3, -0.25) is 9.59 Å². The van der Waals surface area contributed by atoms with Gasteiger partial charge in [0.2, 0.25) is 11.8 Å². The summed E-state index contributed by atoms with van der Waals surface area (Å²) in [6, 6.07) is -0.527. The van der Waals surface area contributed by atoms with Crippen molar-refractivity contribution in [2.75, 3.05) is 19.7 Å². The van der Waals surface area contributed by atoms with Crippen LogP contribution in [-0.2, 0) is 9.59 Å². The van der Waals surface area contributed by atoms with Crippen molar-refractivity contribution < 1.29 is 14.7 Å². The molecule has 88 valence electrons. The topological polar surface area (TPSA) is 69.6 Å². The Morgan fingerprint density at radius 1 is 1.40 bits per heavy atom. The third-order valence-corrected chi connectivity index (χ3v) is 1.97. The number of nitrogens with one attached hydrogen (secondary N) is 1. The second kappa shape index (κ2) is 7.23. The lowest BCUT2D eigenvalue weighted by molar-refractivity contribution is -0.136. The molecule has 0 aromatic heterocycles. The lowest BCUT2D eigenvalue weighted by atomic mass is 10.2. The van der Waals surface area contributed by atoms with Gasteiger partial charge < -0.3 is 15.3 Å². The molecule has 5 nitrogen and oxygen atoms in total. The van der Waals surface area contributed by atoms with Crippen molar-refractivity contribution in [3.63, 3.8) is 0 Å². The Bertz CT molecular complexity index is 213. The van der Waals surface area contributed by atoms with Crippen LogP contribution in [0.3, 0.4) is 0 Å². The number of carbonyl (C=O) groups excluding carboxylic acids is 2. The Hall–Kier alpha value is -1.10. The van der Waals surface area contributed by atoms with Crippen LogP contribution in [0.2, 0.25) is 0 Å². The molecule has 0 radical (unpaired) electrons. The molecule has 0 aromatic carbocycles. The summed E-state index contributed by atoms with van der Waals surface area (Å²) in [5.41, 5.74) is 0. The van der Waals surface area contributed by atoms with Crippen LogP contribution < -0.4 is 5.32 Å². The van der Waals surface area contributed by atoms with Crippen molar-refractivity contribution >= 4 is 11.8 Å². The fourth-order valence-electron chi connectivity index (χ4n) is 1.36. The van der Waals surface area contributed by atoms with E-state index in [1.807, 2.05) is 6.92 Å². The highest BCUT2D eigenvalue weighted by atomic mass is 16.3. The van der Waals surface area contributed by atoms with Crippen LogP contribution in [0.15, 0.2) is 0 Å². The molecule has 2 amide bonds. The fourth-order valence-corrected chi connectivity index (χ4v) is 1.36. The average molecular weight is 216 g/mol. The number of hydrogen-bond acceptors (Lipinski definition) is 3. The molecule has 5 heteroatoms. The number of carbonyl (C=O) groups is 2. The second-order valence-corrected chi connectivity index (χ2v) is 3.47. The molecule has 0 bridgehead atoms. The zero-order chi connectivity index (χ0) is 11.8. The maximum absolute atomic E-state index is 11.8. The molecular formula is C10H20N2O3. The lowest BCUT2D eigenvalue weighted by Crippen LogP contribution is -2.47. The Kier molecular flexibility index (Phi) is 6.70. The van der Waals surface area contributed by atoms with Gasteiger partial charge in [0, 0.05) is 20.0 Å². The van der Waals surface area contributed by atoms with Crippen LogP contribution in [0.25, 0.3) is 0 Å². The van der Waals surface area contributed by atoms with E-state index in [4.69, 9.17) is 5.11 Å². The monoisotopic (exact) mass is 216 g/mol. The summed E-state index contributed by atoms with van der Waals surface area (Å²) in [7, 11) is 0. The number of aliphatic hydroxyl groups excluding tert-OH is 1. The van der Waals surface area contributed by atoms with Crippen molar-refractivity contribution in [3.05, 3.63) is 0 Å². The minimum atomic E-state index is -0.527. The molecule has 0 aliphatic carbocycles. The Balaban J connectivity index is 4.27. The number of aliphatic hydroxyl groups is 1. The first-order valence-corrected chi connectivity index (χ1v) is 5.19. The molecule has 1 unspecified atom stereocenters. The molecule has 0 rings (SSSR count). The quantitative estimate of drug-likeness (QED) is 0.643. The number of rotatable bonds is 6. The third-order valence-electron chi connectivity index (χ3n) is 1.97. The van der Waals surface area contributed by atoms with E-state index in [0.29, 0.717) is 13.1 Å². The first-order valence-electron chi connectivity index (χ1n) is 5.19. The van der Waals surface area contributed by atoms with E-state index in [2.05, 4.69) is 5.32 Å². The Labute approximate surface area is 90.5 Å². The van der Waals surface area contributed by atoms with Gasteiger partial charge >= 0.3 is 0 Å². The van der Waals surface area contributed by atoms with Crippen molar-refractivity contribution in [3.8, 4) is 0 Å². The molecule has 0 spiro atoms. The second-order valence-electron chi connectivity index (χ2n) is 3.47. The van der Waals surface area contributed by atoms with Gasteiger partial charge in [-0.25, -0.2) is 0 Å². The molecule has 15 heavy (non-hydrogen) atoms. The van der Waals surface area contributed by atoms with E-state index >= 15 is 0 Å². The van der Waals surface area contributed by atoms with E-state index in [9.17, 15) is 9.59 Å². The standard InChI is InChI=1S/C10H20N2O3/c1-4-5-12(6-7-13)10(15)8(2)11-9(3)14/h8,13H,4-7H2,1-3H3,(H,11,14). The first kappa shape index (κ1) is 13.9. The zero-order valence-corrected chi connectivity index (χ0v) is 9.62. The normalized spacial score (nSPS) is 12.0. The van der Waals surface area contributed by atoms with E-state index in [0.717, 1.165) is 6.42 Å². The summed E-state index contributed by atoms with van der Waals surface area (Å²) >= 11 is 0. The first-order chi connectivity index (χ1) is 7.02. The fraction of sp³-hybridized carbons (Fsp3) is 0.800. The van der Waals surface area contributed by atoms with Crippen LogP contribution in [0.1, 0.15) is 27.2 Å². The maximum Gasteiger partial charge on any atom is 0.244 e. The molecule has 1 atom stereocenters. The van der Waals surface area contributed by atoms with Crippen LogP contribution in [-0.4, -0.2) is 47.6 Å². The average Bonchev–Trinajstić information content (AvgIpc) is 2.15. The van der Waals surface area contributed by atoms with Crippen molar-refractivity contribution in [1.82, 2.24) is 10.2 Å². The summed E-state index contributed by atoms with van der Waals surface area (Å²) in [5, 5.41) is 11.3. The molecule has 0 saturated carbocycles. The van der Waals surface area contributed by atoms with Crippen LogP contribution in [0, 0.1) is 0 Å². The Morgan fingerprint density at radius 3 is 2.40 bits per heavy atom. The molecule has 0 saturated heterocycles. The summed E-state index contributed by atoms with van der Waals surface area (Å²) in [5.74, 6) is -0.377. The summed E-state index contributed by atoms with van der Waals surface area (Å²) in [6.45, 7) is 5.84. The van der Waals surface area contributed by atoms with E-state index in [1.165, 1.54) is 6.92 Å². The van der Waals surface area contributed by atoms with Gasteiger partial charge in [0.05, 0.1) is 6.61 Å². The summed E-state index contributed by atoms with van der Waals surface area (Å²) in [6.07, 6.45) is 0.832. The molecule has 0 aliphatic heterocycles. The van der Waals surface area contributed by atoms with Crippen LogP contribution in [0.5, 0.6) is 0 Å². The summed E-state index contributed by atoms with van der Waals surface area (Å²) in [4.78, 5) is 24.1. The van der Waals surface area contributed by atoms with Gasteiger partial charge in [-0.1, -0.05) is 6.92 Å². The number of hydrogen-bond donors (Lipinski definition) is 2. The van der Waals surface area contributed by atoms with Crippen LogP contribution in [0.4, 0.5) is 0 Å². The zero-order valence-electron chi connectivity index (χ0n) is 9.62. The number of amides is 2. The van der Waals surface area contributed by atoms with E-state index in [-0.39, 0.29) is 18.4 Å². The van der Waals surface area contributed by atoms with Gasteiger partial charge in [0.25, 0.3) is 0 Å². The van der Waals surface area contributed by atoms with Gasteiger partial charge in [0.15, 0.2) is 0 Å². The Morgan fingerprint density at radius 2 is 2.00 bits per heavy atom. The SMILES string of the molecule is CCCN(CCO)C(=O)C(C)NC(C)=O. The highest BCUT2D eigenvalue weighted by molar-refractivity contribution is 5.86. The third kappa shape index (κ3) is 5.37. The highest BCUT2D eigenvalue weighted by Crippen LogP contribution is 1.97. The highest BCUT2D eigenvalue weighted by Gasteiger charge is 2.19. The predicted octanol–water partition coefficient (Wildman–Crippen LogP) is -0.258. The van der Waals surface area contributed by atoms with Crippen molar-refractivity contribution in [2.45, 2.75) is 33.2 Å². The van der Waals surface area contributed by atoms with Gasteiger partial charge in [-0.2, -0.15) is 0 Å². The lowest BCUT2D eigenvalue weighted by Gasteiger charge is -2.24. The number of nitrogens with zero attached hydrogens (tertiary/aromatic N) is 1. The van der Waals surface area contributed by atoms with Crippen molar-refractivity contribution in [1.29, 1.82) is 0 Å². The molecule has 0 aromatic rings. The molecule has 0 aliphatic rings. The predicted molar refractivity (Wildman–Crippen MR) is 57.2 cm³/mol. The van der Waals surface area contributed by atoms with Gasteiger partial charge in [-0.05, 0) is 13.3 Å².